The van der Waals surface area contributed by atoms with E-state index in [1.54, 1.807) is 12.1 Å². The van der Waals surface area contributed by atoms with E-state index < -0.39 is 20.0 Å². The molecule has 4 rings (SSSR count). The van der Waals surface area contributed by atoms with Gasteiger partial charge in [-0.1, -0.05) is 42.5 Å². The molecule has 8 nitrogen and oxygen atoms in total. The summed E-state index contributed by atoms with van der Waals surface area (Å²) in [4.78, 5) is 2.18. The van der Waals surface area contributed by atoms with Gasteiger partial charge in [-0.05, 0) is 54.8 Å². The molecular formula is C26H31N3O5S2. The first kappa shape index (κ1) is 26.2. The van der Waals surface area contributed by atoms with Crippen LogP contribution in [0.2, 0.25) is 0 Å². The van der Waals surface area contributed by atoms with E-state index in [2.05, 4.69) is 9.62 Å². The standard InChI is InChI=1S/C26H31N3O5S2/c1-28(2)36(32,33)24-14-12-23(13-15-24)35(30,31)27-25-10-6-7-11-26(25)29-18-16-22(17-19-29)34-20-21-8-4-3-5-9-21/h3-15,22,27H,16-20H2,1-2H3. The number of nitrogens with zero attached hydrogens (tertiary/aromatic N) is 2. The molecule has 0 spiro atoms. The number of sulfonamides is 2. The molecule has 1 aliphatic heterocycles. The Hall–Kier alpha value is -2.92. The van der Waals surface area contributed by atoms with Gasteiger partial charge in [-0.25, -0.2) is 21.1 Å². The molecule has 0 unspecified atom stereocenters. The van der Waals surface area contributed by atoms with Crippen LogP contribution in [0.15, 0.2) is 88.7 Å². The first-order valence-electron chi connectivity index (χ1n) is 11.7. The highest BCUT2D eigenvalue weighted by molar-refractivity contribution is 7.92. The van der Waals surface area contributed by atoms with Gasteiger partial charge in [-0.2, -0.15) is 0 Å². The number of hydrogen-bond acceptors (Lipinski definition) is 6. The smallest absolute Gasteiger partial charge is 0.261 e. The number of ether oxygens (including phenoxy) is 1. The molecule has 0 amide bonds. The number of piperidine rings is 1. The fourth-order valence-corrected chi connectivity index (χ4v) is 6.07. The van der Waals surface area contributed by atoms with Crippen molar-refractivity contribution in [1.82, 2.24) is 4.31 Å². The fraction of sp³-hybridized carbons (Fsp3) is 0.308. The van der Waals surface area contributed by atoms with Crippen molar-refractivity contribution in [3.05, 3.63) is 84.4 Å². The van der Waals surface area contributed by atoms with E-state index in [4.69, 9.17) is 4.74 Å². The van der Waals surface area contributed by atoms with Crippen LogP contribution in [0, 0.1) is 0 Å². The zero-order valence-corrected chi connectivity index (χ0v) is 22.0. The SMILES string of the molecule is CN(C)S(=O)(=O)c1ccc(S(=O)(=O)Nc2ccccc2N2CCC(OCc3ccccc3)CC2)cc1. The van der Waals surface area contributed by atoms with E-state index in [-0.39, 0.29) is 15.9 Å². The highest BCUT2D eigenvalue weighted by Crippen LogP contribution is 2.31. The van der Waals surface area contributed by atoms with E-state index in [1.807, 2.05) is 42.5 Å². The van der Waals surface area contributed by atoms with Crippen LogP contribution in [-0.2, 0) is 31.4 Å². The topological polar surface area (TPSA) is 96.0 Å². The summed E-state index contributed by atoms with van der Waals surface area (Å²) in [5.74, 6) is 0. The third kappa shape index (κ3) is 6.07. The molecule has 1 aliphatic rings. The van der Waals surface area contributed by atoms with Crippen molar-refractivity contribution in [2.24, 2.45) is 0 Å². The predicted molar refractivity (Wildman–Crippen MR) is 141 cm³/mol. The van der Waals surface area contributed by atoms with Crippen molar-refractivity contribution in [1.29, 1.82) is 0 Å². The van der Waals surface area contributed by atoms with Gasteiger partial charge in [0.25, 0.3) is 10.0 Å². The summed E-state index contributed by atoms with van der Waals surface area (Å²) in [6, 6.07) is 22.6. The lowest BCUT2D eigenvalue weighted by Gasteiger charge is -2.34. The molecule has 192 valence electrons. The maximum Gasteiger partial charge on any atom is 0.261 e. The lowest BCUT2D eigenvalue weighted by molar-refractivity contribution is 0.0251. The maximum absolute atomic E-state index is 13.1. The summed E-state index contributed by atoms with van der Waals surface area (Å²) >= 11 is 0. The summed E-state index contributed by atoms with van der Waals surface area (Å²) in [5.41, 5.74) is 2.42. The summed E-state index contributed by atoms with van der Waals surface area (Å²) in [5, 5.41) is 0. The zero-order valence-electron chi connectivity index (χ0n) is 20.4. The Labute approximate surface area is 213 Å². The lowest BCUT2D eigenvalue weighted by Crippen LogP contribution is -2.37. The van der Waals surface area contributed by atoms with Crippen molar-refractivity contribution in [3.8, 4) is 0 Å². The number of nitrogens with one attached hydrogen (secondary N) is 1. The van der Waals surface area contributed by atoms with Crippen LogP contribution >= 0.6 is 0 Å². The van der Waals surface area contributed by atoms with E-state index in [0.29, 0.717) is 12.3 Å². The second kappa shape index (κ2) is 11.0. The van der Waals surface area contributed by atoms with E-state index >= 15 is 0 Å². The minimum Gasteiger partial charge on any atom is -0.373 e. The monoisotopic (exact) mass is 529 g/mol. The molecule has 0 saturated carbocycles. The summed E-state index contributed by atoms with van der Waals surface area (Å²) in [7, 11) is -4.71. The fourth-order valence-electron chi connectivity index (χ4n) is 4.09. The third-order valence-electron chi connectivity index (χ3n) is 6.17. The lowest BCUT2D eigenvalue weighted by atomic mass is 10.1. The van der Waals surface area contributed by atoms with Crippen LogP contribution in [0.3, 0.4) is 0 Å². The summed E-state index contributed by atoms with van der Waals surface area (Å²) < 4.78 is 60.6. The van der Waals surface area contributed by atoms with Gasteiger partial charge in [-0.3, -0.25) is 4.72 Å². The number of benzene rings is 3. The van der Waals surface area contributed by atoms with Gasteiger partial charge in [0, 0.05) is 27.2 Å². The molecule has 0 aliphatic carbocycles. The highest BCUT2D eigenvalue weighted by Gasteiger charge is 2.24. The number of hydrogen-bond donors (Lipinski definition) is 1. The molecule has 1 fully saturated rings. The molecule has 3 aromatic carbocycles. The second-order valence-corrected chi connectivity index (χ2v) is 12.7. The molecule has 3 aromatic rings. The molecule has 0 bridgehead atoms. The van der Waals surface area contributed by atoms with E-state index in [9.17, 15) is 16.8 Å². The Morgan fingerprint density at radius 3 is 2.06 bits per heavy atom. The maximum atomic E-state index is 13.1. The molecule has 1 N–H and O–H groups in total. The first-order chi connectivity index (χ1) is 17.2. The van der Waals surface area contributed by atoms with Crippen molar-refractivity contribution < 1.29 is 21.6 Å². The van der Waals surface area contributed by atoms with Crippen LogP contribution < -0.4 is 9.62 Å². The molecule has 0 atom stereocenters. The summed E-state index contributed by atoms with van der Waals surface area (Å²) in [6.45, 7) is 2.07. The molecular weight excluding hydrogens is 498 g/mol. The molecule has 0 radical (unpaired) electrons. The van der Waals surface area contributed by atoms with Crippen molar-refractivity contribution in [3.63, 3.8) is 0 Å². The predicted octanol–water partition coefficient (Wildman–Crippen LogP) is 3.92. The average Bonchev–Trinajstić information content (AvgIpc) is 2.88. The molecule has 1 saturated heterocycles. The van der Waals surface area contributed by atoms with Crippen molar-refractivity contribution in [2.75, 3.05) is 36.8 Å². The molecule has 36 heavy (non-hydrogen) atoms. The Kier molecular flexibility index (Phi) is 7.99. The number of para-hydroxylation sites is 2. The minimum absolute atomic E-state index is 0.0111. The van der Waals surface area contributed by atoms with Gasteiger partial charge in [0.05, 0.1) is 33.9 Å². The van der Waals surface area contributed by atoms with Crippen LogP contribution in [0.5, 0.6) is 0 Å². The van der Waals surface area contributed by atoms with Gasteiger partial charge in [0.15, 0.2) is 0 Å². The Bertz CT molecular complexity index is 1370. The quantitative estimate of drug-likeness (QED) is 0.451. The van der Waals surface area contributed by atoms with Gasteiger partial charge in [-0.15, -0.1) is 0 Å². The van der Waals surface area contributed by atoms with Crippen LogP contribution in [0.1, 0.15) is 18.4 Å². The van der Waals surface area contributed by atoms with Gasteiger partial charge < -0.3 is 9.64 Å². The molecule has 10 heteroatoms. The number of anilines is 2. The summed E-state index contributed by atoms with van der Waals surface area (Å²) in [6.07, 6.45) is 1.84. The molecule has 0 aromatic heterocycles. The van der Waals surface area contributed by atoms with Crippen LogP contribution in [-0.4, -0.2) is 54.4 Å². The van der Waals surface area contributed by atoms with Crippen LogP contribution in [0.4, 0.5) is 11.4 Å². The van der Waals surface area contributed by atoms with Gasteiger partial charge in [0.2, 0.25) is 10.0 Å². The average molecular weight is 530 g/mol. The Morgan fingerprint density at radius 1 is 0.833 bits per heavy atom. The van der Waals surface area contributed by atoms with Crippen molar-refractivity contribution >= 4 is 31.4 Å². The zero-order chi connectivity index (χ0) is 25.8. The van der Waals surface area contributed by atoms with E-state index in [0.717, 1.165) is 41.5 Å². The number of rotatable bonds is 9. The normalized spacial score (nSPS) is 15.2. The van der Waals surface area contributed by atoms with Crippen molar-refractivity contribution in [2.45, 2.75) is 35.3 Å². The second-order valence-electron chi connectivity index (χ2n) is 8.86. The third-order valence-corrected chi connectivity index (χ3v) is 9.38. The Balaban J connectivity index is 1.42. The van der Waals surface area contributed by atoms with Gasteiger partial charge in [0.1, 0.15) is 0 Å². The van der Waals surface area contributed by atoms with Crippen LogP contribution in [0.25, 0.3) is 0 Å². The van der Waals surface area contributed by atoms with E-state index in [1.165, 1.54) is 38.4 Å². The highest BCUT2D eigenvalue weighted by atomic mass is 32.2. The minimum atomic E-state index is -3.92. The molecule has 1 heterocycles. The Morgan fingerprint density at radius 2 is 1.42 bits per heavy atom. The first-order valence-corrected chi connectivity index (χ1v) is 14.6. The largest absolute Gasteiger partial charge is 0.373 e. The van der Waals surface area contributed by atoms with Gasteiger partial charge >= 0.3 is 0 Å².